The van der Waals surface area contributed by atoms with Gasteiger partial charge in [-0.1, -0.05) is 32.9 Å². The number of hydrogen-bond acceptors (Lipinski definition) is 4. The first-order valence-corrected chi connectivity index (χ1v) is 9.26. The molecule has 0 N–H and O–H groups in total. The van der Waals surface area contributed by atoms with Crippen LogP contribution in [0.25, 0.3) is 16.5 Å². The van der Waals surface area contributed by atoms with Gasteiger partial charge in [0, 0.05) is 17.9 Å². The molecule has 1 heterocycles. The van der Waals surface area contributed by atoms with Gasteiger partial charge in [-0.2, -0.15) is 9.78 Å². The van der Waals surface area contributed by atoms with Crippen molar-refractivity contribution in [3.05, 3.63) is 63.8 Å². The minimum atomic E-state index is -2.86. The van der Waals surface area contributed by atoms with Crippen molar-refractivity contribution >= 4 is 29.5 Å². The van der Waals surface area contributed by atoms with E-state index in [0.717, 1.165) is 11.6 Å². The number of nitrogens with zero attached hydrogens (tertiary/aromatic N) is 2. The van der Waals surface area contributed by atoms with Crippen LogP contribution in [0.1, 0.15) is 38.8 Å². The maximum absolute atomic E-state index is 14.9. The van der Waals surface area contributed by atoms with Crippen LogP contribution in [0.5, 0.6) is 0 Å². The van der Waals surface area contributed by atoms with Gasteiger partial charge in [-0.3, -0.25) is 18.2 Å². The van der Waals surface area contributed by atoms with Crippen LogP contribution in [0.4, 0.5) is 13.0 Å². The molecule has 0 aliphatic heterocycles. The molecule has 0 bridgehead atoms. The average Bonchev–Trinajstić information content (AvgIpc) is 2.65. The number of fused-ring (bicyclic) bond motifs is 1. The molecular weight excluding hydrogens is 396 g/mol. The second-order valence-electron chi connectivity index (χ2n) is 7.96. The third-order valence-electron chi connectivity index (χ3n) is 4.78. The van der Waals surface area contributed by atoms with Crippen molar-refractivity contribution in [1.82, 2.24) is 9.78 Å². The molecule has 3 rings (SSSR count). The Hall–Kier alpha value is -3.10. The molecule has 0 unspecified atom stereocenters. The summed E-state index contributed by atoms with van der Waals surface area (Å²) in [6.07, 6.45) is 1.32. The van der Waals surface area contributed by atoms with Crippen molar-refractivity contribution < 1.29 is 22.6 Å². The Labute approximate surface area is 171 Å². The second-order valence-corrected chi connectivity index (χ2v) is 7.96. The number of aromatic nitrogens is 2. The maximum Gasteiger partial charge on any atom is 0.572 e. The Balaban J connectivity index is 2.26. The molecular formula is C21H20BF3N2O3. The molecule has 0 saturated carbocycles. The van der Waals surface area contributed by atoms with Crippen LogP contribution in [0, 0.1) is 5.82 Å². The lowest BCUT2D eigenvalue weighted by Crippen LogP contribution is -2.30. The SMILES string of the molecule is CC(=O)OCc1c(B(F)F)cccc1-n1ncc2cc(C(C)(C)C)cc(F)c2c1=O. The molecule has 0 atom stereocenters. The van der Waals surface area contributed by atoms with E-state index < -0.39 is 36.7 Å². The predicted molar refractivity (Wildman–Crippen MR) is 109 cm³/mol. The summed E-state index contributed by atoms with van der Waals surface area (Å²) in [5.41, 5.74) is -0.899. The lowest BCUT2D eigenvalue weighted by atomic mass is 9.81. The molecule has 156 valence electrons. The first kappa shape index (κ1) is 21.6. The molecule has 5 nitrogen and oxygen atoms in total. The second kappa shape index (κ2) is 7.97. The van der Waals surface area contributed by atoms with Gasteiger partial charge in [-0.15, -0.1) is 0 Å². The highest BCUT2D eigenvalue weighted by Gasteiger charge is 2.25. The Morgan fingerprint density at radius 2 is 1.93 bits per heavy atom. The first-order chi connectivity index (χ1) is 14.0. The highest BCUT2D eigenvalue weighted by atomic mass is 19.2. The number of rotatable bonds is 4. The van der Waals surface area contributed by atoms with Crippen LogP contribution in [-0.4, -0.2) is 23.0 Å². The zero-order valence-electron chi connectivity index (χ0n) is 17.0. The van der Waals surface area contributed by atoms with E-state index in [4.69, 9.17) is 4.74 Å². The summed E-state index contributed by atoms with van der Waals surface area (Å²) in [5.74, 6) is -1.38. The third-order valence-corrected chi connectivity index (χ3v) is 4.78. The molecule has 0 aliphatic carbocycles. The van der Waals surface area contributed by atoms with E-state index >= 15 is 0 Å². The standard InChI is InChI=1S/C21H20BF3N2O3/c1-12(28)30-11-15-16(22(24)25)6-5-7-18(15)27-20(29)19-13(10-26-27)8-14(9-17(19)23)21(2,3)4/h5-10H,11H2,1-4H3. The molecule has 0 spiro atoms. The fraction of sp³-hybridized carbons (Fsp3) is 0.286. The van der Waals surface area contributed by atoms with Crippen molar-refractivity contribution in [2.45, 2.75) is 39.7 Å². The maximum atomic E-state index is 14.9. The topological polar surface area (TPSA) is 61.2 Å². The number of carbonyl (C=O) groups is 1. The van der Waals surface area contributed by atoms with Crippen molar-refractivity contribution in [1.29, 1.82) is 0 Å². The lowest BCUT2D eigenvalue weighted by molar-refractivity contribution is -0.142. The van der Waals surface area contributed by atoms with Crippen LogP contribution in [-0.2, 0) is 21.6 Å². The Kier molecular flexibility index (Phi) is 5.74. The summed E-state index contributed by atoms with van der Waals surface area (Å²) in [4.78, 5) is 24.2. The van der Waals surface area contributed by atoms with E-state index in [0.29, 0.717) is 10.9 Å². The number of benzene rings is 2. The van der Waals surface area contributed by atoms with Crippen LogP contribution < -0.4 is 11.0 Å². The summed E-state index contributed by atoms with van der Waals surface area (Å²) in [6.45, 7) is 6.42. The van der Waals surface area contributed by atoms with E-state index in [9.17, 15) is 22.6 Å². The van der Waals surface area contributed by atoms with E-state index in [-0.39, 0.29) is 22.1 Å². The monoisotopic (exact) mass is 416 g/mol. The number of carbonyl (C=O) groups excluding carboxylic acids is 1. The van der Waals surface area contributed by atoms with Crippen LogP contribution >= 0.6 is 0 Å². The lowest BCUT2D eigenvalue weighted by Gasteiger charge is -2.20. The van der Waals surface area contributed by atoms with Crippen LogP contribution in [0.3, 0.4) is 0 Å². The van der Waals surface area contributed by atoms with Gasteiger partial charge in [-0.25, -0.2) is 4.39 Å². The minimum Gasteiger partial charge on any atom is -0.461 e. The van der Waals surface area contributed by atoms with Crippen molar-refractivity contribution in [3.63, 3.8) is 0 Å². The third kappa shape index (κ3) is 4.10. The van der Waals surface area contributed by atoms with Gasteiger partial charge >= 0.3 is 13.2 Å². The normalized spacial score (nSPS) is 11.6. The van der Waals surface area contributed by atoms with Crippen molar-refractivity contribution in [3.8, 4) is 5.69 Å². The van der Waals surface area contributed by atoms with E-state index in [1.165, 1.54) is 30.5 Å². The van der Waals surface area contributed by atoms with Gasteiger partial charge in [0.05, 0.1) is 17.3 Å². The molecule has 0 saturated heterocycles. The molecule has 0 fully saturated rings. The number of ether oxygens (including phenoxy) is 1. The number of hydrogen-bond donors (Lipinski definition) is 0. The van der Waals surface area contributed by atoms with Gasteiger partial charge < -0.3 is 4.74 Å². The van der Waals surface area contributed by atoms with Gasteiger partial charge in [0.1, 0.15) is 12.4 Å². The quantitative estimate of drug-likeness (QED) is 0.483. The zero-order valence-corrected chi connectivity index (χ0v) is 17.0. The Morgan fingerprint density at radius 3 is 2.53 bits per heavy atom. The van der Waals surface area contributed by atoms with E-state index in [1.807, 2.05) is 20.8 Å². The summed E-state index contributed by atoms with van der Waals surface area (Å²) < 4.78 is 47.6. The van der Waals surface area contributed by atoms with Crippen LogP contribution in [0.2, 0.25) is 0 Å². The highest BCUT2D eigenvalue weighted by Crippen LogP contribution is 2.27. The zero-order chi connectivity index (χ0) is 22.2. The minimum absolute atomic E-state index is 0.000230. The molecule has 0 amide bonds. The first-order valence-electron chi connectivity index (χ1n) is 9.26. The average molecular weight is 416 g/mol. The van der Waals surface area contributed by atoms with E-state index in [1.54, 1.807) is 6.07 Å². The van der Waals surface area contributed by atoms with Gasteiger partial charge in [0.2, 0.25) is 0 Å². The summed E-state index contributed by atoms with van der Waals surface area (Å²) in [7, 11) is -2.86. The fourth-order valence-corrected chi connectivity index (χ4v) is 3.16. The molecule has 0 radical (unpaired) electrons. The molecule has 9 heteroatoms. The molecule has 2 aromatic carbocycles. The van der Waals surface area contributed by atoms with Gasteiger partial charge in [-0.05, 0) is 34.6 Å². The smallest absolute Gasteiger partial charge is 0.461 e. The summed E-state index contributed by atoms with van der Waals surface area (Å²) >= 11 is 0. The van der Waals surface area contributed by atoms with Gasteiger partial charge in [0.25, 0.3) is 5.56 Å². The highest BCUT2D eigenvalue weighted by molar-refractivity contribution is 6.60. The Bertz CT molecular complexity index is 1190. The fourth-order valence-electron chi connectivity index (χ4n) is 3.16. The Morgan fingerprint density at radius 1 is 1.23 bits per heavy atom. The number of esters is 1. The summed E-state index contributed by atoms with van der Waals surface area (Å²) in [6, 6.07) is 6.89. The van der Waals surface area contributed by atoms with Gasteiger partial charge in [0.15, 0.2) is 0 Å². The van der Waals surface area contributed by atoms with Crippen molar-refractivity contribution in [2.24, 2.45) is 0 Å². The van der Waals surface area contributed by atoms with Crippen molar-refractivity contribution in [2.75, 3.05) is 0 Å². The molecule has 3 aromatic rings. The summed E-state index contributed by atoms with van der Waals surface area (Å²) in [5, 5.41) is 4.20. The largest absolute Gasteiger partial charge is 0.572 e. The number of halogens is 3. The molecule has 1 aromatic heterocycles. The predicted octanol–water partition coefficient (Wildman–Crippen LogP) is 3.52. The van der Waals surface area contributed by atoms with E-state index in [2.05, 4.69) is 5.10 Å². The molecule has 30 heavy (non-hydrogen) atoms. The molecule has 0 aliphatic rings. The van der Waals surface area contributed by atoms with Crippen LogP contribution in [0.15, 0.2) is 41.3 Å².